The normalized spacial score (nSPS) is 18.3. The zero-order valence-corrected chi connectivity index (χ0v) is 18.2. The molecule has 6 nitrogen and oxygen atoms in total. The molecule has 1 atom stereocenters. The molecule has 1 unspecified atom stereocenters. The lowest BCUT2D eigenvalue weighted by molar-refractivity contribution is -0.142. The number of hydrogen-bond acceptors (Lipinski definition) is 4. The van der Waals surface area contributed by atoms with Crippen LogP contribution in [0.4, 0.5) is 0 Å². The van der Waals surface area contributed by atoms with E-state index in [-0.39, 0.29) is 37.1 Å². The zero-order valence-electron chi connectivity index (χ0n) is 18.2. The molecule has 0 saturated carbocycles. The number of amides is 3. The van der Waals surface area contributed by atoms with E-state index in [0.717, 1.165) is 11.3 Å². The fourth-order valence-electron chi connectivity index (χ4n) is 4.09. The lowest BCUT2D eigenvalue weighted by atomic mass is 9.75. The smallest absolute Gasteiger partial charge is 0.240 e. The number of pyridine rings is 1. The Kier molecular flexibility index (Phi) is 7.00. The predicted octanol–water partition coefficient (Wildman–Crippen LogP) is 3.14. The summed E-state index contributed by atoms with van der Waals surface area (Å²) in [5, 5.41) is 0. The molecule has 2 heterocycles. The molecule has 3 rings (SSSR count). The van der Waals surface area contributed by atoms with Crippen LogP contribution in [0.1, 0.15) is 37.9 Å². The third-order valence-corrected chi connectivity index (χ3v) is 5.70. The number of benzene rings is 1. The summed E-state index contributed by atoms with van der Waals surface area (Å²) in [5.41, 5.74) is 1.21. The highest BCUT2D eigenvalue weighted by atomic mass is 16.2. The second-order valence-corrected chi connectivity index (χ2v) is 8.09. The molecule has 1 aliphatic rings. The van der Waals surface area contributed by atoms with Gasteiger partial charge in [-0.1, -0.05) is 48.6 Å². The van der Waals surface area contributed by atoms with Crippen LogP contribution < -0.4 is 0 Å². The van der Waals surface area contributed by atoms with E-state index in [2.05, 4.69) is 11.6 Å². The molecular formula is C25H29N3O3. The van der Waals surface area contributed by atoms with Gasteiger partial charge in [0.1, 0.15) is 0 Å². The van der Waals surface area contributed by atoms with Crippen molar-refractivity contribution in [3.8, 4) is 0 Å². The number of nitrogens with zero attached hydrogens (tertiary/aromatic N) is 3. The van der Waals surface area contributed by atoms with Crippen LogP contribution >= 0.6 is 0 Å². The van der Waals surface area contributed by atoms with Crippen LogP contribution in [0.25, 0.3) is 0 Å². The van der Waals surface area contributed by atoms with Gasteiger partial charge in [0.2, 0.25) is 17.7 Å². The molecule has 1 fully saturated rings. The van der Waals surface area contributed by atoms with Crippen LogP contribution in [0, 0.1) is 0 Å². The minimum absolute atomic E-state index is 0.00553. The van der Waals surface area contributed by atoms with Gasteiger partial charge in [0, 0.05) is 50.8 Å². The lowest BCUT2D eigenvalue weighted by Gasteiger charge is -2.30. The van der Waals surface area contributed by atoms with Crippen LogP contribution in [-0.2, 0) is 26.2 Å². The van der Waals surface area contributed by atoms with Crippen LogP contribution in [0.5, 0.6) is 0 Å². The van der Waals surface area contributed by atoms with E-state index in [1.807, 2.05) is 62.4 Å². The SMILES string of the molecule is C=C(C)CN(CC)C(=O)CC1(c2ccccc2)CC(=O)N(CCc2ccccn2)C1=O. The average Bonchev–Trinajstić information content (AvgIpc) is 3.01. The van der Waals surface area contributed by atoms with Gasteiger partial charge in [0.25, 0.3) is 0 Å². The van der Waals surface area contributed by atoms with Crippen molar-refractivity contribution in [1.82, 2.24) is 14.8 Å². The Balaban J connectivity index is 1.88. The Morgan fingerprint density at radius 1 is 1.16 bits per heavy atom. The number of carbonyl (C=O) groups excluding carboxylic acids is 3. The maximum Gasteiger partial charge on any atom is 0.240 e. The molecule has 0 bridgehead atoms. The van der Waals surface area contributed by atoms with E-state index in [0.29, 0.717) is 25.1 Å². The summed E-state index contributed by atoms with van der Waals surface area (Å²) in [7, 11) is 0. The van der Waals surface area contributed by atoms with E-state index in [4.69, 9.17) is 0 Å². The van der Waals surface area contributed by atoms with Crippen LogP contribution in [0.15, 0.2) is 66.9 Å². The number of aromatic nitrogens is 1. The average molecular weight is 420 g/mol. The molecule has 0 spiro atoms. The molecule has 1 aromatic carbocycles. The molecule has 3 amide bonds. The maximum atomic E-state index is 13.6. The molecule has 1 aromatic heterocycles. The van der Waals surface area contributed by atoms with Gasteiger partial charge in [-0.3, -0.25) is 24.3 Å². The number of hydrogen-bond donors (Lipinski definition) is 0. The quantitative estimate of drug-likeness (QED) is 0.462. The van der Waals surface area contributed by atoms with Crippen molar-refractivity contribution in [2.24, 2.45) is 0 Å². The summed E-state index contributed by atoms with van der Waals surface area (Å²) >= 11 is 0. The molecule has 31 heavy (non-hydrogen) atoms. The van der Waals surface area contributed by atoms with E-state index in [1.54, 1.807) is 11.1 Å². The van der Waals surface area contributed by atoms with E-state index >= 15 is 0 Å². The van der Waals surface area contributed by atoms with E-state index in [1.165, 1.54) is 4.90 Å². The van der Waals surface area contributed by atoms with Gasteiger partial charge in [-0.25, -0.2) is 0 Å². The number of imide groups is 1. The first-order valence-corrected chi connectivity index (χ1v) is 10.6. The first-order chi connectivity index (χ1) is 14.9. The molecule has 1 aliphatic heterocycles. The van der Waals surface area contributed by atoms with Gasteiger partial charge in [-0.05, 0) is 31.5 Å². The highest BCUT2D eigenvalue weighted by Gasteiger charge is 2.53. The Labute approximate surface area is 183 Å². The first kappa shape index (κ1) is 22.4. The monoisotopic (exact) mass is 419 g/mol. The molecular weight excluding hydrogens is 390 g/mol. The van der Waals surface area contributed by atoms with E-state index in [9.17, 15) is 14.4 Å². The third kappa shape index (κ3) is 4.90. The highest BCUT2D eigenvalue weighted by Crippen LogP contribution is 2.40. The van der Waals surface area contributed by atoms with Crippen molar-refractivity contribution in [2.75, 3.05) is 19.6 Å². The number of likely N-dealkylation sites (N-methyl/N-ethyl adjacent to an activating group) is 1. The van der Waals surface area contributed by atoms with E-state index < -0.39 is 5.41 Å². The predicted molar refractivity (Wildman–Crippen MR) is 119 cm³/mol. The van der Waals surface area contributed by atoms with Gasteiger partial charge >= 0.3 is 0 Å². The summed E-state index contributed by atoms with van der Waals surface area (Å²) in [5.74, 6) is -0.707. The number of likely N-dealkylation sites (tertiary alicyclic amines) is 1. The topological polar surface area (TPSA) is 70.6 Å². The fourth-order valence-corrected chi connectivity index (χ4v) is 4.09. The molecule has 0 radical (unpaired) electrons. The molecule has 2 aromatic rings. The summed E-state index contributed by atoms with van der Waals surface area (Å²) < 4.78 is 0. The van der Waals surface area contributed by atoms with Crippen molar-refractivity contribution in [3.63, 3.8) is 0 Å². The molecule has 1 saturated heterocycles. The molecule has 0 N–H and O–H groups in total. The summed E-state index contributed by atoms with van der Waals surface area (Å²) in [6, 6.07) is 14.8. The van der Waals surface area contributed by atoms with Crippen LogP contribution in [0.2, 0.25) is 0 Å². The summed E-state index contributed by atoms with van der Waals surface area (Å²) in [6.07, 6.45) is 2.13. The fraction of sp³-hybridized carbons (Fsp3) is 0.360. The van der Waals surface area contributed by atoms with Crippen molar-refractivity contribution in [2.45, 2.75) is 38.5 Å². The van der Waals surface area contributed by atoms with Crippen molar-refractivity contribution < 1.29 is 14.4 Å². The summed E-state index contributed by atoms with van der Waals surface area (Å²) in [6.45, 7) is 8.87. The van der Waals surface area contributed by atoms with Gasteiger partial charge in [0.05, 0.1) is 5.41 Å². The van der Waals surface area contributed by atoms with Crippen molar-refractivity contribution in [3.05, 3.63) is 78.1 Å². The van der Waals surface area contributed by atoms with Crippen molar-refractivity contribution >= 4 is 17.7 Å². The Morgan fingerprint density at radius 3 is 2.48 bits per heavy atom. The number of rotatable bonds is 9. The lowest BCUT2D eigenvalue weighted by Crippen LogP contribution is -2.44. The molecule has 6 heteroatoms. The highest BCUT2D eigenvalue weighted by molar-refractivity contribution is 6.10. The Hall–Kier alpha value is -3.28. The second kappa shape index (κ2) is 9.69. The van der Waals surface area contributed by atoms with Gasteiger partial charge in [-0.15, -0.1) is 0 Å². The second-order valence-electron chi connectivity index (χ2n) is 8.09. The van der Waals surface area contributed by atoms with Gasteiger partial charge < -0.3 is 4.90 Å². The largest absolute Gasteiger partial charge is 0.339 e. The molecule has 0 aliphatic carbocycles. The van der Waals surface area contributed by atoms with Gasteiger partial charge in [0.15, 0.2) is 0 Å². The Bertz CT molecular complexity index is 958. The number of carbonyl (C=O) groups is 3. The standard InChI is InChI=1S/C25H29N3O3/c1-4-27(18-19(2)3)22(29)16-25(20-10-6-5-7-11-20)17-23(30)28(24(25)31)15-13-21-12-8-9-14-26-21/h5-12,14H,2,4,13,15-18H2,1,3H3. The van der Waals surface area contributed by atoms with Crippen molar-refractivity contribution in [1.29, 1.82) is 0 Å². The third-order valence-electron chi connectivity index (χ3n) is 5.70. The maximum absolute atomic E-state index is 13.6. The molecule has 162 valence electrons. The minimum Gasteiger partial charge on any atom is -0.339 e. The Morgan fingerprint density at radius 2 is 1.87 bits per heavy atom. The van der Waals surface area contributed by atoms with Gasteiger partial charge in [-0.2, -0.15) is 0 Å². The van der Waals surface area contributed by atoms with Crippen LogP contribution in [0.3, 0.4) is 0 Å². The summed E-state index contributed by atoms with van der Waals surface area (Å²) in [4.78, 5) is 47.0. The minimum atomic E-state index is -1.18. The first-order valence-electron chi connectivity index (χ1n) is 10.6. The van der Waals surface area contributed by atoms with Crippen LogP contribution in [-0.4, -0.2) is 52.1 Å². The zero-order chi connectivity index (χ0) is 22.4.